The number of nitrogens with one attached hydrogen (secondary N) is 1. The van der Waals surface area contributed by atoms with E-state index < -0.39 is 5.97 Å². The van der Waals surface area contributed by atoms with Crippen LogP contribution in [0.25, 0.3) is 0 Å². The molecular formula is C16H18N2O2. The third-order valence-electron chi connectivity index (χ3n) is 3.22. The van der Waals surface area contributed by atoms with E-state index in [9.17, 15) is 9.90 Å². The second-order valence-corrected chi connectivity index (χ2v) is 4.67. The molecule has 104 valence electrons. The molecule has 2 rings (SSSR count). The number of hydrogen-bond acceptors (Lipinski definition) is 3. The summed E-state index contributed by atoms with van der Waals surface area (Å²) in [5.41, 5.74) is 4.06. The number of hydrogen-bond donors (Lipinski definition) is 2. The number of carbonyl (C=O) groups is 1. The fourth-order valence-electron chi connectivity index (χ4n) is 2.12. The second kappa shape index (κ2) is 6.19. The molecule has 0 saturated heterocycles. The maximum Gasteiger partial charge on any atom is 0.337 e. The molecule has 0 saturated carbocycles. The van der Waals surface area contributed by atoms with Gasteiger partial charge < -0.3 is 10.4 Å². The SMILES string of the molecule is CCc1cccnc1CNc1cc(C)ccc1C(=O)O. The van der Waals surface area contributed by atoms with Crippen molar-refractivity contribution in [2.75, 3.05) is 5.32 Å². The van der Waals surface area contributed by atoms with Crippen LogP contribution in [0.4, 0.5) is 5.69 Å². The van der Waals surface area contributed by atoms with Gasteiger partial charge in [0, 0.05) is 11.9 Å². The number of aromatic nitrogens is 1. The molecule has 4 heteroatoms. The van der Waals surface area contributed by atoms with Gasteiger partial charge in [0.2, 0.25) is 0 Å². The summed E-state index contributed by atoms with van der Waals surface area (Å²) < 4.78 is 0. The number of pyridine rings is 1. The summed E-state index contributed by atoms with van der Waals surface area (Å²) in [4.78, 5) is 15.6. The van der Waals surface area contributed by atoms with Crippen LogP contribution in [0, 0.1) is 6.92 Å². The number of aryl methyl sites for hydroxylation is 2. The van der Waals surface area contributed by atoms with Gasteiger partial charge in [-0.05, 0) is 42.7 Å². The third-order valence-corrected chi connectivity index (χ3v) is 3.22. The number of nitrogens with zero attached hydrogens (tertiary/aromatic N) is 1. The Bertz CT molecular complexity index is 624. The van der Waals surface area contributed by atoms with Gasteiger partial charge >= 0.3 is 5.97 Å². The molecule has 1 aromatic heterocycles. The first-order chi connectivity index (χ1) is 9.61. The van der Waals surface area contributed by atoms with E-state index in [0.717, 1.165) is 17.7 Å². The van der Waals surface area contributed by atoms with Crippen LogP contribution in [0.3, 0.4) is 0 Å². The molecule has 0 aliphatic rings. The minimum Gasteiger partial charge on any atom is -0.478 e. The molecular weight excluding hydrogens is 252 g/mol. The Hall–Kier alpha value is -2.36. The van der Waals surface area contributed by atoms with E-state index in [0.29, 0.717) is 12.2 Å². The highest BCUT2D eigenvalue weighted by atomic mass is 16.4. The summed E-state index contributed by atoms with van der Waals surface area (Å²) in [6, 6.07) is 9.22. The van der Waals surface area contributed by atoms with E-state index in [4.69, 9.17) is 0 Å². The van der Waals surface area contributed by atoms with Crippen molar-refractivity contribution in [2.24, 2.45) is 0 Å². The average molecular weight is 270 g/mol. The lowest BCUT2D eigenvalue weighted by atomic mass is 10.1. The van der Waals surface area contributed by atoms with Gasteiger partial charge in [0.25, 0.3) is 0 Å². The van der Waals surface area contributed by atoms with Gasteiger partial charge in [0.05, 0.1) is 17.8 Å². The highest BCUT2D eigenvalue weighted by Gasteiger charge is 2.10. The highest BCUT2D eigenvalue weighted by Crippen LogP contribution is 2.19. The first-order valence-corrected chi connectivity index (χ1v) is 6.62. The molecule has 0 radical (unpaired) electrons. The molecule has 0 aliphatic heterocycles. The summed E-state index contributed by atoms with van der Waals surface area (Å²) in [5, 5.41) is 12.4. The Labute approximate surface area is 118 Å². The first-order valence-electron chi connectivity index (χ1n) is 6.62. The zero-order valence-corrected chi connectivity index (χ0v) is 11.7. The molecule has 1 aromatic carbocycles. The minimum atomic E-state index is -0.927. The van der Waals surface area contributed by atoms with E-state index in [1.165, 1.54) is 5.56 Å². The van der Waals surface area contributed by atoms with Crippen molar-refractivity contribution in [3.63, 3.8) is 0 Å². The van der Waals surface area contributed by atoms with E-state index in [1.807, 2.05) is 25.1 Å². The normalized spacial score (nSPS) is 10.3. The van der Waals surface area contributed by atoms with E-state index in [2.05, 4.69) is 17.2 Å². The lowest BCUT2D eigenvalue weighted by Gasteiger charge is -2.12. The van der Waals surface area contributed by atoms with Crippen LogP contribution >= 0.6 is 0 Å². The summed E-state index contributed by atoms with van der Waals surface area (Å²) in [5.74, 6) is -0.927. The summed E-state index contributed by atoms with van der Waals surface area (Å²) in [7, 11) is 0. The average Bonchev–Trinajstić information content (AvgIpc) is 2.45. The largest absolute Gasteiger partial charge is 0.478 e. The fraction of sp³-hybridized carbons (Fsp3) is 0.250. The lowest BCUT2D eigenvalue weighted by Crippen LogP contribution is -2.09. The molecule has 0 aliphatic carbocycles. The molecule has 0 atom stereocenters. The number of rotatable bonds is 5. The first kappa shape index (κ1) is 14.1. The number of carboxylic acids is 1. The van der Waals surface area contributed by atoms with Crippen molar-refractivity contribution in [3.05, 3.63) is 58.9 Å². The molecule has 0 unspecified atom stereocenters. The quantitative estimate of drug-likeness (QED) is 0.875. The predicted molar refractivity (Wildman–Crippen MR) is 79.1 cm³/mol. The maximum absolute atomic E-state index is 11.2. The van der Waals surface area contributed by atoms with E-state index in [-0.39, 0.29) is 5.56 Å². The number of carboxylic acid groups (broad SMARTS) is 1. The van der Waals surface area contributed by atoms with Gasteiger partial charge in [-0.25, -0.2) is 4.79 Å². The van der Waals surface area contributed by atoms with Crippen molar-refractivity contribution in [2.45, 2.75) is 26.8 Å². The van der Waals surface area contributed by atoms with E-state index >= 15 is 0 Å². The smallest absolute Gasteiger partial charge is 0.337 e. The van der Waals surface area contributed by atoms with Crippen molar-refractivity contribution < 1.29 is 9.90 Å². The second-order valence-electron chi connectivity index (χ2n) is 4.67. The lowest BCUT2D eigenvalue weighted by molar-refractivity contribution is 0.0698. The van der Waals surface area contributed by atoms with Gasteiger partial charge in [-0.1, -0.05) is 19.1 Å². The van der Waals surface area contributed by atoms with Crippen LogP contribution in [0.15, 0.2) is 36.5 Å². The maximum atomic E-state index is 11.2. The zero-order chi connectivity index (χ0) is 14.5. The van der Waals surface area contributed by atoms with Crippen LogP contribution in [-0.2, 0) is 13.0 Å². The summed E-state index contributed by atoms with van der Waals surface area (Å²) >= 11 is 0. The molecule has 2 N–H and O–H groups in total. The molecule has 1 heterocycles. The standard InChI is InChI=1S/C16H18N2O2/c1-3-12-5-4-8-17-15(12)10-18-14-9-11(2)6-7-13(14)16(19)20/h4-9,18H,3,10H2,1-2H3,(H,19,20). The van der Waals surface area contributed by atoms with Crippen LogP contribution in [0.1, 0.15) is 34.1 Å². The Morgan fingerprint density at radius 3 is 2.85 bits per heavy atom. The van der Waals surface area contributed by atoms with Gasteiger partial charge in [-0.2, -0.15) is 0 Å². The highest BCUT2D eigenvalue weighted by molar-refractivity contribution is 5.94. The monoisotopic (exact) mass is 270 g/mol. The van der Waals surface area contributed by atoms with Crippen LogP contribution < -0.4 is 5.32 Å². The number of benzene rings is 1. The van der Waals surface area contributed by atoms with Crippen LogP contribution in [-0.4, -0.2) is 16.1 Å². The molecule has 0 amide bonds. The van der Waals surface area contributed by atoms with Gasteiger partial charge in [-0.15, -0.1) is 0 Å². The minimum absolute atomic E-state index is 0.282. The zero-order valence-electron chi connectivity index (χ0n) is 11.7. The fourth-order valence-corrected chi connectivity index (χ4v) is 2.12. The van der Waals surface area contributed by atoms with Crippen molar-refractivity contribution >= 4 is 11.7 Å². The number of aromatic carboxylic acids is 1. The Kier molecular flexibility index (Phi) is 4.35. The predicted octanol–water partition coefficient (Wildman–Crippen LogP) is 3.26. The molecule has 0 bridgehead atoms. The Balaban J connectivity index is 2.22. The van der Waals surface area contributed by atoms with Gasteiger partial charge in [0.15, 0.2) is 0 Å². The molecule has 0 spiro atoms. The molecule has 20 heavy (non-hydrogen) atoms. The van der Waals surface area contributed by atoms with Crippen molar-refractivity contribution in [1.29, 1.82) is 0 Å². The Morgan fingerprint density at radius 2 is 2.15 bits per heavy atom. The van der Waals surface area contributed by atoms with Crippen LogP contribution in [0.2, 0.25) is 0 Å². The number of anilines is 1. The van der Waals surface area contributed by atoms with E-state index in [1.54, 1.807) is 18.3 Å². The molecule has 0 fully saturated rings. The van der Waals surface area contributed by atoms with Crippen LogP contribution in [0.5, 0.6) is 0 Å². The topological polar surface area (TPSA) is 62.2 Å². The van der Waals surface area contributed by atoms with Crippen molar-refractivity contribution in [1.82, 2.24) is 4.98 Å². The Morgan fingerprint density at radius 1 is 1.35 bits per heavy atom. The molecule has 4 nitrogen and oxygen atoms in total. The van der Waals surface area contributed by atoms with Gasteiger partial charge in [0.1, 0.15) is 0 Å². The summed E-state index contributed by atoms with van der Waals surface area (Å²) in [6.45, 7) is 4.54. The molecule has 2 aromatic rings. The van der Waals surface area contributed by atoms with Gasteiger partial charge in [-0.3, -0.25) is 4.98 Å². The third kappa shape index (κ3) is 3.15. The van der Waals surface area contributed by atoms with Crippen molar-refractivity contribution in [3.8, 4) is 0 Å². The summed E-state index contributed by atoms with van der Waals surface area (Å²) in [6.07, 6.45) is 2.66.